The molecule has 1 rings (SSSR count). The maximum absolute atomic E-state index is 12.6. The third kappa shape index (κ3) is 2.48. The summed E-state index contributed by atoms with van der Waals surface area (Å²) in [6.45, 7) is 0. The van der Waals surface area contributed by atoms with E-state index >= 15 is 0 Å². The van der Waals surface area contributed by atoms with E-state index in [9.17, 15) is 9.18 Å². The summed E-state index contributed by atoms with van der Waals surface area (Å²) in [4.78, 5) is 11.1. The van der Waals surface area contributed by atoms with Crippen LogP contribution in [0, 0.1) is 5.82 Å². The molecule has 0 aromatic heterocycles. The molecule has 12 heavy (non-hydrogen) atoms. The van der Waals surface area contributed by atoms with Crippen molar-refractivity contribution in [3.63, 3.8) is 0 Å². The van der Waals surface area contributed by atoms with Crippen molar-refractivity contribution in [1.29, 1.82) is 0 Å². The molecule has 0 heterocycles. The molecule has 1 amide bonds. The molecule has 1 N–H and O–H groups in total. The average Bonchev–Trinajstić information content (AvgIpc) is 2.05. The van der Waals surface area contributed by atoms with Crippen molar-refractivity contribution in [2.75, 3.05) is 4.56 Å². The topological polar surface area (TPSA) is 29.1 Å². The van der Waals surface area contributed by atoms with Crippen LogP contribution in [0.2, 0.25) is 0 Å². The molecule has 0 aliphatic carbocycles. The Morgan fingerprint density at radius 3 is 2.92 bits per heavy atom. The predicted molar refractivity (Wildman–Crippen MR) is 44.5 cm³/mol. The Labute approximate surface area is 83.2 Å². The van der Waals surface area contributed by atoms with Gasteiger partial charge in [-0.3, -0.25) is 0 Å². The molecule has 0 aliphatic heterocycles. The molecule has 1 aromatic carbocycles. The van der Waals surface area contributed by atoms with Crippen molar-refractivity contribution < 1.29 is 9.18 Å². The number of nitrogens with one attached hydrogen (secondary N) is 1. The van der Waals surface area contributed by atoms with Crippen molar-refractivity contribution in [2.45, 2.75) is 0 Å². The number of hydrogen-bond acceptors (Lipinski definition) is 1. The van der Waals surface area contributed by atoms with Crippen LogP contribution in [0.25, 0.3) is 0 Å². The predicted octanol–water partition coefficient (Wildman–Crippen LogP) is 0.681. The van der Waals surface area contributed by atoms with E-state index in [2.05, 4.69) is 5.32 Å². The van der Waals surface area contributed by atoms with Crippen molar-refractivity contribution >= 4 is 28.4 Å². The standard InChI is InChI=1S/C8H7FNO.Sn/c1-10-8(11)6-3-2-4-7(9)5-6;/h2-5H,1H2,(H,10,11);. The summed E-state index contributed by atoms with van der Waals surface area (Å²) >= 11 is 1.23. The van der Waals surface area contributed by atoms with Gasteiger partial charge in [0.25, 0.3) is 0 Å². The van der Waals surface area contributed by atoms with E-state index in [1.807, 2.05) is 0 Å². The minimum atomic E-state index is -0.383. The molecule has 3 radical (unpaired) electrons. The number of benzene rings is 1. The zero-order chi connectivity index (χ0) is 8.97. The molecule has 1 aromatic rings. The molecule has 0 saturated heterocycles. The first-order valence-electron chi connectivity index (χ1n) is 3.42. The molecule has 61 valence electrons. The third-order valence-electron chi connectivity index (χ3n) is 1.34. The van der Waals surface area contributed by atoms with Crippen molar-refractivity contribution in [3.05, 3.63) is 35.6 Å². The number of rotatable bonds is 2. The molecule has 0 bridgehead atoms. The van der Waals surface area contributed by atoms with Crippen LogP contribution in [-0.4, -0.2) is 33.0 Å². The second-order valence-electron chi connectivity index (χ2n) is 2.19. The fourth-order valence-electron chi connectivity index (χ4n) is 0.812. The number of hydrogen-bond donors (Lipinski definition) is 1. The minimum absolute atomic E-state index is 0.216. The van der Waals surface area contributed by atoms with E-state index < -0.39 is 0 Å². The maximum atomic E-state index is 12.6. The Kier molecular flexibility index (Phi) is 3.52. The van der Waals surface area contributed by atoms with Gasteiger partial charge < -0.3 is 0 Å². The molecular weight excluding hydrogens is 264 g/mol. The first kappa shape index (κ1) is 9.51. The quantitative estimate of drug-likeness (QED) is 0.787. The summed E-state index contributed by atoms with van der Waals surface area (Å²) in [6, 6.07) is 5.65. The number of carbonyl (C=O) groups excluding carboxylic acids is 1. The van der Waals surface area contributed by atoms with E-state index in [0.717, 1.165) is 0 Å². The molecule has 0 atom stereocenters. The second kappa shape index (κ2) is 4.45. The van der Waals surface area contributed by atoms with Gasteiger partial charge in [-0.25, -0.2) is 0 Å². The summed E-state index contributed by atoms with van der Waals surface area (Å²) < 4.78 is 13.2. The third-order valence-corrected chi connectivity index (χ3v) is 1.84. The summed E-state index contributed by atoms with van der Waals surface area (Å²) in [5.41, 5.74) is 0.373. The van der Waals surface area contributed by atoms with Gasteiger partial charge in [0.1, 0.15) is 0 Å². The van der Waals surface area contributed by atoms with Gasteiger partial charge >= 0.3 is 83.1 Å². The van der Waals surface area contributed by atoms with Gasteiger partial charge in [-0.05, 0) is 0 Å². The van der Waals surface area contributed by atoms with Crippen LogP contribution in [0.1, 0.15) is 10.4 Å². The molecule has 2 nitrogen and oxygen atoms in total. The normalized spacial score (nSPS) is 9.50. The molecule has 0 aliphatic rings. The number of carbonyl (C=O) groups is 1. The zero-order valence-corrected chi connectivity index (χ0v) is 9.16. The summed E-state index contributed by atoms with van der Waals surface area (Å²) in [7, 11) is 0. The molecule has 0 unspecified atom stereocenters. The van der Waals surface area contributed by atoms with Crippen LogP contribution in [0.3, 0.4) is 0 Å². The van der Waals surface area contributed by atoms with Gasteiger partial charge in [0.15, 0.2) is 0 Å². The molecular formula is C8H7FNOSn. The first-order chi connectivity index (χ1) is 5.74. The second-order valence-corrected chi connectivity index (χ2v) is 3.20. The SMILES string of the molecule is O=C(N[CH2][Sn])c1cccc(F)c1. The van der Waals surface area contributed by atoms with Crippen molar-refractivity contribution in [3.8, 4) is 0 Å². The fourth-order valence-corrected chi connectivity index (χ4v) is 1.27. The molecule has 0 fully saturated rings. The zero-order valence-electron chi connectivity index (χ0n) is 6.30. The Balaban J connectivity index is 2.81. The Bertz CT molecular complexity index is 290. The van der Waals surface area contributed by atoms with Gasteiger partial charge in [0.05, 0.1) is 0 Å². The van der Waals surface area contributed by atoms with E-state index in [1.165, 1.54) is 40.7 Å². The van der Waals surface area contributed by atoms with Gasteiger partial charge in [-0.15, -0.1) is 0 Å². The monoisotopic (exact) mass is 272 g/mol. The number of amides is 1. The van der Waals surface area contributed by atoms with E-state index in [0.29, 0.717) is 10.1 Å². The first-order valence-corrected chi connectivity index (χ1v) is 5.44. The molecule has 0 spiro atoms. The van der Waals surface area contributed by atoms with Gasteiger partial charge in [-0.1, -0.05) is 0 Å². The van der Waals surface area contributed by atoms with Crippen LogP contribution < -0.4 is 5.32 Å². The van der Waals surface area contributed by atoms with Crippen LogP contribution in [0.5, 0.6) is 0 Å². The van der Waals surface area contributed by atoms with Gasteiger partial charge in [0, 0.05) is 0 Å². The van der Waals surface area contributed by atoms with E-state index in [-0.39, 0.29) is 11.7 Å². The van der Waals surface area contributed by atoms with Crippen LogP contribution >= 0.6 is 0 Å². The van der Waals surface area contributed by atoms with E-state index in [1.54, 1.807) is 6.07 Å². The van der Waals surface area contributed by atoms with E-state index in [4.69, 9.17) is 0 Å². The van der Waals surface area contributed by atoms with Crippen LogP contribution in [0.15, 0.2) is 24.3 Å². The van der Waals surface area contributed by atoms with Crippen molar-refractivity contribution in [2.24, 2.45) is 0 Å². The number of halogens is 1. The summed E-state index contributed by atoms with van der Waals surface area (Å²) in [6.07, 6.45) is 0. The van der Waals surface area contributed by atoms with Gasteiger partial charge in [-0.2, -0.15) is 0 Å². The van der Waals surface area contributed by atoms with Crippen LogP contribution in [0.4, 0.5) is 4.39 Å². The Hall–Kier alpha value is -0.581. The van der Waals surface area contributed by atoms with Crippen LogP contribution in [-0.2, 0) is 0 Å². The van der Waals surface area contributed by atoms with Gasteiger partial charge in [0.2, 0.25) is 0 Å². The summed E-state index contributed by atoms with van der Waals surface area (Å²) in [5, 5.41) is 2.62. The average molecular weight is 271 g/mol. The Morgan fingerprint density at radius 1 is 1.58 bits per heavy atom. The molecule has 4 heteroatoms. The fraction of sp³-hybridized carbons (Fsp3) is 0.125. The summed E-state index contributed by atoms with van der Waals surface area (Å²) in [5.74, 6) is -0.599. The Morgan fingerprint density at radius 2 is 2.33 bits per heavy atom. The molecule has 0 saturated carbocycles. The van der Waals surface area contributed by atoms with Crippen molar-refractivity contribution in [1.82, 2.24) is 5.32 Å².